The highest BCUT2D eigenvalue weighted by Crippen LogP contribution is 2.28. The first kappa shape index (κ1) is 19.3. The quantitative estimate of drug-likeness (QED) is 0.710. The maximum atomic E-state index is 12.2. The number of carbonyl (C=O) groups excluding carboxylic acids is 1. The topological polar surface area (TPSA) is 88.2 Å². The minimum atomic E-state index is -3.65. The van der Waals surface area contributed by atoms with Gasteiger partial charge in [0.2, 0.25) is 15.9 Å². The molecule has 0 saturated carbocycles. The standard InChI is InChI=1S/C17H20ClN3O3S2/c18-12-6-8-13(9-7-12)26(23,24)19-11-10-16(22)21-17-20-14-4-2-1-3-5-15(14)25-17/h6-9,19H,1-5,10-11H2,(H,20,21,22). The van der Waals surface area contributed by atoms with E-state index in [0.29, 0.717) is 10.2 Å². The average Bonchev–Trinajstić information content (AvgIpc) is 2.83. The van der Waals surface area contributed by atoms with Crippen LogP contribution in [0.25, 0.3) is 0 Å². The molecule has 0 unspecified atom stereocenters. The number of amides is 1. The first-order chi connectivity index (χ1) is 12.4. The molecule has 0 bridgehead atoms. The van der Waals surface area contributed by atoms with Gasteiger partial charge in [0, 0.05) is 22.9 Å². The van der Waals surface area contributed by atoms with Crippen LogP contribution in [0.4, 0.5) is 5.13 Å². The first-order valence-electron chi connectivity index (χ1n) is 8.48. The lowest BCUT2D eigenvalue weighted by atomic mass is 10.2. The molecule has 2 N–H and O–H groups in total. The third-order valence-corrected chi connectivity index (χ3v) is 6.91. The molecule has 1 heterocycles. The van der Waals surface area contributed by atoms with Crippen molar-refractivity contribution in [1.82, 2.24) is 9.71 Å². The number of halogens is 1. The highest BCUT2D eigenvalue weighted by molar-refractivity contribution is 7.89. The summed E-state index contributed by atoms with van der Waals surface area (Å²) in [6, 6.07) is 5.87. The Morgan fingerprint density at radius 2 is 1.88 bits per heavy atom. The van der Waals surface area contributed by atoms with Crippen molar-refractivity contribution in [2.24, 2.45) is 0 Å². The number of nitrogens with one attached hydrogen (secondary N) is 2. The molecule has 6 nitrogen and oxygen atoms in total. The van der Waals surface area contributed by atoms with Gasteiger partial charge in [0.25, 0.3) is 0 Å². The second-order valence-corrected chi connectivity index (χ2v) is 9.39. The first-order valence-corrected chi connectivity index (χ1v) is 11.2. The van der Waals surface area contributed by atoms with Gasteiger partial charge >= 0.3 is 0 Å². The van der Waals surface area contributed by atoms with Crippen LogP contribution < -0.4 is 10.0 Å². The minimum Gasteiger partial charge on any atom is -0.302 e. The van der Waals surface area contributed by atoms with Crippen molar-refractivity contribution in [3.05, 3.63) is 39.9 Å². The maximum absolute atomic E-state index is 12.2. The zero-order valence-electron chi connectivity index (χ0n) is 14.1. The molecular weight excluding hydrogens is 394 g/mol. The van der Waals surface area contributed by atoms with E-state index in [1.54, 1.807) is 0 Å². The molecule has 3 rings (SSSR count). The molecule has 9 heteroatoms. The lowest BCUT2D eigenvalue weighted by Crippen LogP contribution is -2.27. The number of rotatable bonds is 6. The number of benzene rings is 1. The SMILES string of the molecule is O=C(CCNS(=O)(=O)c1ccc(Cl)cc1)Nc1nc2c(s1)CCCCC2. The van der Waals surface area contributed by atoms with E-state index in [0.717, 1.165) is 31.4 Å². The summed E-state index contributed by atoms with van der Waals surface area (Å²) in [5, 5.41) is 3.83. The van der Waals surface area contributed by atoms with Gasteiger partial charge in [-0.25, -0.2) is 18.1 Å². The number of hydrogen-bond acceptors (Lipinski definition) is 5. The van der Waals surface area contributed by atoms with Gasteiger partial charge in [-0.15, -0.1) is 11.3 Å². The van der Waals surface area contributed by atoms with Crippen LogP contribution >= 0.6 is 22.9 Å². The molecule has 1 aromatic heterocycles. The second-order valence-electron chi connectivity index (χ2n) is 6.10. The number of aryl methyl sites for hydroxylation is 2. The monoisotopic (exact) mass is 413 g/mol. The molecule has 140 valence electrons. The average molecular weight is 414 g/mol. The van der Waals surface area contributed by atoms with Gasteiger partial charge in [-0.05, 0) is 49.9 Å². The van der Waals surface area contributed by atoms with Crippen molar-refractivity contribution in [3.8, 4) is 0 Å². The Bertz CT molecular complexity index is 856. The molecule has 1 amide bonds. The minimum absolute atomic E-state index is 0.0158. The Morgan fingerprint density at radius 3 is 2.65 bits per heavy atom. The van der Waals surface area contributed by atoms with Crippen molar-refractivity contribution in [1.29, 1.82) is 0 Å². The van der Waals surface area contributed by atoms with E-state index < -0.39 is 10.0 Å². The third-order valence-electron chi connectivity index (χ3n) is 4.11. The molecule has 0 spiro atoms. The smallest absolute Gasteiger partial charge is 0.240 e. The number of hydrogen-bond donors (Lipinski definition) is 2. The highest BCUT2D eigenvalue weighted by Gasteiger charge is 2.17. The predicted molar refractivity (Wildman–Crippen MR) is 103 cm³/mol. The van der Waals surface area contributed by atoms with E-state index in [2.05, 4.69) is 15.0 Å². The zero-order chi connectivity index (χ0) is 18.6. The molecule has 26 heavy (non-hydrogen) atoms. The van der Waals surface area contributed by atoms with Gasteiger partial charge in [-0.1, -0.05) is 18.0 Å². The molecule has 0 aliphatic heterocycles. The zero-order valence-corrected chi connectivity index (χ0v) is 16.5. The van der Waals surface area contributed by atoms with Gasteiger partial charge in [-0.3, -0.25) is 4.79 Å². The molecule has 0 fully saturated rings. The maximum Gasteiger partial charge on any atom is 0.240 e. The number of thiazole rings is 1. The second kappa shape index (κ2) is 8.47. The van der Waals surface area contributed by atoms with Crippen LogP contribution in [0.15, 0.2) is 29.2 Å². The molecule has 1 aromatic carbocycles. The van der Waals surface area contributed by atoms with Gasteiger partial charge < -0.3 is 5.32 Å². The van der Waals surface area contributed by atoms with Gasteiger partial charge in [0.1, 0.15) is 0 Å². The molecule has 2 aromatic rings. The van der Waals surface area contributed by atoms with Crippen LogP contribution in [0.2, 0.25) is 5.02 Å². The molecule has 0 radical (unpaired) electrons. The Balaban J connectivity index is 1.50. The summed E-state index contributed by atoms with van der Waals surface area (Å²) < 4.78 is 26.7. The Kier molecular flexibility index (Phi) is 6.29. The largest absolute Gasteiger partial charge is 0.302 e. The van der Waals surface area contributed by atoms with E-state index in [4.69, 9.17) is 11.6 Å². The number of sulfonamides is 1. The van der Waals surface area contributed by atoms with Crippen molar-refractivity contribution in [2.45, 2.75) is 43.4 Å². The van der Waals surface area contributed by atoms with E-state index in [1.165, 1.54) is 46.9 Å². The number of nitrogens with zero attached hydrogens (tertiary/aromatic N) is 1. The van der Waals surface area contributed by atoms with Crippen LogP contribution in [0, 0.1) is 0 Å². The molecular formula is C17H20ClN3O3S2. The Morgan fingerprint density at radius 1 is 1.15 bits per heavy atom. The van der Waals surface area contributed by atoms with Gasteiger partial charge in [-0.2, -0.15) is 0 Å². The van der Waals surface area contributed by atoms with Crippen LogP contribution in [0.1, 0.15) is 36.3 Å². The molecule has 1 aliphatic carbocycles. The molecule has 0 atom stereocenters. The fourth-order valence-electron chi connectivity index (χ4n) is 2.76. The van der Waals surface area contributed by atoms with Crippen molar-refractivity contribution >= 4 is 44.0 Å². The number of aromatic nitrogens is 1. The Hall–Kier alpha value is -1.48. The summed E-state index contributed by atoms with van der Waals surface area (Å²) in [6.07, 6.45) is 5.54. The van der Waals surface area contributed by atoms with Crippen LogP contribution in [0.3, 0.4) is 0 Å². The summed E-state index contributed by atoms with van der Waals surface area (Å²) in [5.74, 6) is -0.257. The Labute approximate surface area is 162 Å². The van der Waals surface area contributed by atoms with E-state index in [1.807, 2.05) is 0 Å². The third kappa shape index (κ3) is 5.03. The summed E-state index contributed by atoms with van der Waals surface area (Å²) in [4.78, 5) is 17.9. The van der Waals surface area contributed by atoms with E-state index in [9.17, 15) is 13.2 Å². The molecule has 0 saturated heterocycles. The number of fused-ring (bicyclic) bond motifs is 1. The normalized spacial score (nSPS) is 14.5. The van der Waals surface area contributed by atoms with E-state index in [-0.39, 0.29) is 23.8 Å². The summed E-state index contributed by atoms with van der Waals surface area (Å²) in [7, 11) is -3.65. The lowest BCUT2D eigenvalue weighted by Gasteiger charge is -2.06. The summed E-state index contributed by atoms with van der Waals surface area (Å²) >= 11 is 7.28. The fraction of sp³-hybridized carbons (Fsp3) is 0.412. The molecule has 1 aliphatic rings. The van der Waals surface area contributed by atoms with Crippen LogP contribution in [0.5, 0.6) is 0 Å². The summed E-state index contributed by atoms with van der Waals surface area (Å²) in [6.45, 7) is 0.0158. The van der Waals surface area contributed by atoms with Crippen molar-refractivity contribution in [3.63, 3.8) is 0 Å². The lowest BCUT2D eigenvalue weighted by molar-refractivity contribution is -0.116. The van der Waals surface area contributed by atoms with Crippen LogP contribution in [-0.2, 0) is 27.7 Å². The fourth-order valence-corrected chi connectivity index (χ4v) is 4.98. The highest BCUT2D eigenvalue weighted by atomic mass is 35.5. The number of carbonyl (C=O) groups is 1. The van der Waals surface area contributed by atoms with Crippen LogP contribution in [-0.4, -0.2) is 25.9 Å². The van der Waals surface area contributed by atoms with Crippen molar-refractivity contribution in [2.75, 3.05) is 11.9 Å². The van der Waals surface area contributed by atoms with Crippen molar-refractivity contribution < 1.29 is 13.2 Å². The summed E-state index contributed by atoms with van der Waals surface area (Å²) in [5.41, 5.74) is 1.09. The van der Waals surface area contributed by atoms with Gasteiger partial charge in [0.15, 0.2) is 5.13 Å². The number of anilines is 1. The predicted octanol–water partition coefficient (Wildman–Crippen LogP) is 3.37. The van der Waals surface area contributed by atoms with Gasteiger partial charge in [0.05, 0.1) is 10.6 Å². The van der Waals surface area contributed by atoms with E-state index >= 15 is 0 Å².